The van der Waals surface area contributed by atoms with Gasteiger partial charge in [-0.3, -0.25) is 0 Å². The first-order valence-corrected chi connectivity index (χ1v) is 9.73. The average molecular weight is 323 g/mol. The van der Waals surface area contributed by atoms with Gasteiger partial charge in [-0.15, -0.1) is 23.5 Å². The molecule has 0 aromatic carbocycles. The lowest BCUT2D eigenvalue weighted by Gasteiger charge is -2.27. The molecule has 0 radical (unpaired) electrons. The summed E-state index contributed by atoms with van der Waals surface area (Å²) in [5.74, 6) is 5.41. The van der Waals surface area contributed by atoms with E-state index in [0.29, 0.717) is 22.3 Å². The van der Waals surface area contributed by atoms with E-state index in [2.05, 4.69) is 9.98 Å². The molecule has 1 aliphatic heterocycles. The molecule has 0 amide bonds. The molecule has 1 heterocycles. The van der Waals surface area contributed by atoms with Crippen LogP contribution in [0.5, 0.6) is 0 Å². The van der Waals surface area contributed by atoms with E-state index in [1.54, 1.807) is 35.7 Å². The fourth-order valence-corrected chi connectivity index (χ4v) is 6.64. The van der Waals surface area contributed by atoms with Crippen LogP contribution in [0.1, 0.15) is 0 Å². The van der Waals surface area contributed by atoms with Crippen molar-refractivity contribution in [2.24, 2.45) is 9.98 Å². The number of thioether (sulfide) groups is 4. The number of carbonyl (C=O) groups excluding carboxylic acids is 2. The predicted molar refractivity (Wildman–Crippen MR) is 83.4 cm³/mol. The van der Waals surface area contributed by atoms with Crippen molar-refractivity contribution in [3.05, 3.63) is 0 Å². The molecule has 1 rings (SSSR count). The maximum absolute atomic E-state index is 9.90. The summed E-state index contributed by atoms with van der Waals surface area (Å²) >= 11 is 7.35. The Balaban J connectivity index is 2.05. The Morgan fingerprint density at radius 2 is 1.39 bits per heavy atom. The summed E-state index contributed by atoms with van der Waals surface area (Å²) in [7, 11) is 0. The normalized spacial score (nSPS) is 22.9. The van der Waals surface area contributed by atoms with Gasteiger partial charge in [0.1, 0.15) is 0 Å². The summed E-state index contributed by atoms with van der Waals surface area (Å²) in [4.78, 5) is 26.8. The first kappa shape index (κ1) is 16.2. The molecule has 0 spiro atoms. The van der Waals surface area contributed by atoms with Crippen molar-refractivity contribution in [1.82, 2.24) is 0 Å². The molecule has 0 saturated carbocycles. The molecule has 2 atom stereocenters. The Hall–Kier alpha value is 0.160. The zero-order valence-electron chi connectivity index (χ0n) is 9.74. The highest BCUT2D eigenvalue weighted by molar-refractivity contribution is 8.09. The molecule has 0 aromatic heterocycles. The van der Waals surface area contributed by atoms with Crippen molar-refractivity contribution < 1.29 is 9.59 Å². The number of nitrogens with zero attached hydrogens (tertiary/aromatic N) is 2. The van der Waals surface area contributed by atoms with Crippen molar-refractivity contribution >= 4 is 59.2 Å². The van der Waals surface area contributed by atoms with Crippen LogP contribution in [0.4, 0.5) is 0 Å². The number of hydrogen-bond donors (Lipinski definition) is 0. The number of hydrogen-bond acceptors (Lipinski definition) is 8. The van der Waals surface area contributed by atoms with Crippen LogP contribution in [0, 0.1) is 0 Å². The largest absolute Gasteiger partial charge is 0.235 e. The highest BCUT2D eigenvalue weighted by Gasteiger charge is 2.21. The SMILES string of the molecule is O=C=NCSCC1CSC(CSCN=C=O)CS1. The van der Waals surface area contributed by atoms with Crippen LogP contribution in [-0.4, -0.2) is 57.4 Å². The smallest absolute Gasteiger partial charge is 0.211 e. The van der Waals surface area contributed by atoms with Crippen LogP contribution in [-0.2, 0) is 9.59 Å². The van der Waals surface area contributed by atoms with E-state index < -0.39 is 0 Å². The third-order valence-electron chi connectivity index (χ3n) is 2.08. The maximum Gasteiger partial charge on any atom is 0.235 e. The van der Waals surface area contributed by atoms with Crippen LogP contribution in [0.25, 0.3) is 0 Å². The third-order valence-corrected chi connectivity index (χ3v) is 7.63. The Morgan fingerprint density at radius 3 is 1.72 bits per heavy atom. The van der Waals surface area contributed by atoms with Gasteiger partial charge in [0, 0.05) is 33.5 Å². The van der Waals surface area contributed by atoms with E-state index in [1.807, 2.05) is 23.5 Å². The van der Waals surface area contributed by atoms with Gasteiger partial charge in [0.2, 0.25) is 12.2 Å². The topological polar surface area (TPSA) is 58.9 Å². The molecule has 1 fully saturated rings. The van der Waals surface area contributed by atoms with Crippen molar-refractivity contribution in [2.75, 3.05) is 34.8 Å². The summed E-state index contributed by atoms with van der Waals surface area (Å²) in [6.45, 7) is 0. The summed E-state index contributed by atoms with van der Waals surface area (Å²) in [6.07, 6.45) is 3.10. The Bertz CT molecular complexity index is 290. The molecule has 18 heavy (non-hydrogen) atoms. The van der Waals surface area contributed by atoms with Gasteiger partial charge >= 0.3 is 0 Å². The van der Waals surface area contributed by atoms with E-state index in [9.17, 15) is 9.59 Å². The number of rotatable bonds is 8. The number of isocyanates is 2. The lowest BCUT2D eigenvalue weighted by atomic mass is 10.5. The van der Waals surface area contributed by atoms with Gasteiger partial charge in [-0.05, 0) is 0 Å². The highest BCUT2D eigenvalue weighted by Crippen LogP contribution is 2.33. The quantitative estimate of drug-likeness (QED) is 0.388. The molecule has 8 heteroatoms. The first-order chi connectivity index (χ1) is 8.86. The van der Waals surface area contributed by atoms with Crippen molar-refractivity contribution in [1.29, 1.82) is 0 Å². The summed E-state index contributed by atoms with van der Waals surface area (Å²) in [6, 6.07) is 0. The van der Waals surface area contributed by atoms with Gasteiger partial charge in [-0.1, -0.05) is 0 Å². The van der Waals surface area contributed by atoms with Crippen LogP contribution in [0.15, 0.2) is 9.98 Å². The van der Waals surface area contributed by atoms with E-state index in [-0.39, 0.29) is 0 Å². The molecular weight excluding hydrogens is 308 g/mol. The van der Waals surface area contributed by atoms with Gasteiger partial charge in [-0.25, -0.2) is 9.59 Å². The fourth-order valence-electron chi connectivity index (χ4n) is 1.29. The standard InChI is InChI=1S/C10H14N2O2S4/c13-5-11-7-15-1-9-3-18-10(4-17-9)2-16-8-12-6-14/h9-10H,1-4,7-8H2. The molecule has 0 aliphatic carbocycles. The highest BCUT2D eigenvalue weighted by atomic mass is 32.2. The van der Waals surface area contributed by atoms with Gasteiger partial charge in [-0.2, -0.15) is 33.5 Å². The monoisotopic (exact) mass is 322 g/mol. The average Bonchev–Trinajstić information content (AvgIpc) is 2.41. The Kier molecular flexibility index (Phi) is 9.93. The number of aliphatic imine (C=N–C) groups is 2. The van der Waals surface area contributed by atoms with Gasteiger partial charge in [0.05, 0.1) is 11.8 Å². The van der Waals surface area contributed by atoms with Crippen molar-refractivity contribution in [2.45, 2.75) is 10.5 Å². The lowest BCUT2D eigenvalue weighted by molar-refractivity contribution is 0.563. The Labute approximate surface area is 124 Å². The van der Waals surface area contributed by atoms with E-state index >= 15 is 0 Å². The second-order valence-electron chi connectivity index (χ2n) is 3.41. The van der Waals surface area contributed by atoms with Crippen molar-refractivity contribution in [3.63, 3.8) is 0 Å². The molecule has 100 valence electrons. The van der Waals surface area contributed by atoms with Crippen molar-refractivity contribution in [3.8, 4) is 0 Å². The van der Waals surface area contributed by atoms with Gasteiger partial charge < -0.3 is 0 Å². The summed E-state index contributed by atoms with van der Waals surface area (Å²) < 4.78 is 0. The van der Waals surface area contributed by atoms with Crippen LogP contribution in [0.3, 0.4) is 0 Å². The third kappa shape index (κ3) is 7.56. The molecule has 1 aliphatic rings. The molecule has 2 unspecified atom stereocenters. The molecule has 0 aromatic rings. The van der Waals surface area contributed by atoms with Crippen LogP contribution >= 0.6 is 47.0 Å². The molecule has 1 saturated heterocycles. The predicted octanol–water partition coefficient (Wildman–Crippen LogP) is 2.26. The maximum atomic E-state index is 9.90. The van der Waals surface area contributed by atoms with E-state index in [1.165, 1.54) is 0 Å². The lowest BCUT2D eigenvalue weighted by Crippen LogP contribution is -2.24. The first-order valence-electron chi connectivity index (χ1n) is 5.32. The zero-order chi connectivity index (χ0) is 13.1. The minimum absolute atomic E-state index is 0.522. The zero-order valence-corrected chi connectivity index (χ0v) is 13.0. The van der Waals surface area contributed by atoms with E-state index in [4.69, 9.17) is 0 Å². The molecule has 0 N–H and O–H groups in total. The fraction of sp³-hybridized carbons (Fsp3) is 0.800. The molecular formula is C10H14N2O2S4. The molecule has 0 bridgehead atoms. The minimum atomic E-state index is 0.522. The Morgan fingerprint density at radius 1 is 0.944 bits per heavy atom. The second kappa shape index (κ2) is 11.0. The summed E-state index contributed by atoms with van der Waals surface area (Å²) in [5.41, 5.74) is 0. The van der Waals surface area contributed by atoms with Gasteiger partial charge in [0.25, 0.3) is 0 Å². The summed E-state index contributed by atoms with van der Waals surface area (Å²) in [5, 5.41) is 1.30. The van der Waals surface area contributed by atoms with Gasteiger partial charge in [0.15, 0.2) is 0 Å². The van der Waals surface area contributed by atoms with E-state index in [0.717, 1.165) is 23.0 Å². The second-order valence-corrected chi connectivity index (χ2v) is 8.08. The minimum Gasteiger partial charge on any atom is -0.211 e. The van der Waals surface area contributed by atoms with Crippen LogP contribution in [0.2, 0.25) is 0 Å². The molecule has 4 nitrogen and oxygen atoms in total. The van der Waals surface area contributed by atoms with Crippen LogP contribution < -0.4 is 0 Å².